The quantitative estimate of drug-likeness (QED) is 0.228. The molecule has 6 heteroatoms. The Morgan fingerprint density at radius 1 is 0.564 bits per heavy atom. The van der Waals surface area contributed by atoms with E-state index in [2.05, 4.69) is 4.98 Å². The number of nitrogens with zero attached hydrogens (tertiary/aromatic N) is 3. The van der Waals surface area contributed by atoms with Crippen molar-refractivity contribution in [1.82, 2.24) is 15.0 Å². The van der Waals surface area contributed by atoms with E-state index in [0.29, 0.717) is 32.9 Å². The zero-order chi connectivity index (χ0) is 30.3. The van der Waals surface area contributed by atoms with E-state index in [9.17, 15) is 0 Å². The zero-order valence-electron chi connectivity index (χ0n) is 25.0. The molecule has 0 unspecified atom stereocenters. The van der Waals surface area contributed by atoms with Gasteiger partial charge in [0.15, 0.2) is 17.5 Å². The van der Waals surface area contributed by atoms with E-state index >= 15 is 0 Å². The van der Waals surface area contributed by atoms with Crippen molar-refractivity contribution >= 4 is 55.5 Å². The van der Waals surface area contributed by atoms with Crippen LogP contribution in [-0.2, 0) is 0 Å². The molecule has 5 nitrogen and oxygen atoms in total. The Hall–Kier alpha value is -5.00. The molecule has 3 heterocycles. The van der Waals surface area contributed by atoms with Gasteiger partial charge in [-0.05, 0) is 36.4 Å². The summed E-state index contributed by atoms with van der Waals surface area (Å²) in [6.45, 7) is 0. The largest absolute Gasteiger partial charge is 0.456 e. The van der Waals surface area contributed by atoms with Crippen LogP contribution in [-0.4, -0.2) is 15.0 Å². The number of aromatic nitrogens is 3. The molecule has 3 aromatic heterocycles. The molecule has 8 aromatic rings. The van der Waals surface area contributed by atoms with Gasteiger partial charge in [0.25, 0.3) is 0 Å². The standard InChI is InChI=1S/C33H18ClN3O2/c34-21-14-16-24-29(18-21)39-27-12-6-10-25(30(24)27)33-36-31(19-7-2-1-3-8-19)35-32(37-33)20-13-15-23-22-9-4-5-11-26(22)38-28(23)17-20/h1-18H/i1D,2D,3D,7D,8D. The third-order valence-corrected chi connectivity index (χ3v) is 6.93. The Bertz CT molecular complexity index is 2460. The third-order valence-electron chi connectivity index (χ3n) is 6.70. The Kier molecular flexibility index (Phi) is 3.82. The van der Waals surface area contributed by atoms with E-state index in [1.807, 2.05) is 66.7 Å². The second-order valence-corrected chi connectivity index (χ2v) is 9.47. The molecule has 0 atom stereocenters. The van der Waals surface area contributed by atoms with Crippen LogP contribution in [0.4, 0.5) is 0 Å². The summed E-state index contributed by atoms with van der Waals surface area (Å²) >= 11 is 6.23. The summed E-state index contributed by atoms with van der Waals surface area (Å²) in [5, 5.41) is 3.98. The first-order valence-electron chi connectivity index (χ1n) is 14.6. The summed E-state index contributed by atoms with van der Waals surface area (Å²) in [5.41, 5.74) is 3.66. The van der Waals surface area contributed by atoms with Crippen molar-refractivity contribution in [1.29, 1.82) is 0 Å². The molecular formula is C33H18ClN3O2. The number of hydrogen-bond donors (Lipinski definition) is 0. The Morgan fingerprint density at radius 3 is 2.15 bits per heavy atom. The van der Waals surface area contributed by atoms with Crippen LogP contribution >= 0.6 is 11.6 Å². The van der Waals surface area contributed by atoms with E-state index in [1.165, 1.54) is 0 Å². The fraction of sp³-hybridized carbons (Fsp3) is 0. The van der Waals surface area contributed by atoms with Crippen molar-refractivity contribution in [2.75, 3.05) is 0 Å². The van der Waals surface area contributed by atoms with Crippen LogP contribution in [0.3, 0.4) is 0 Å². The second-order valence-electron chi connectivity index (χ2n) is 9.04. The normalized spacial score (nSPS) is 13.5. The summed E-state index contributed by atoms with van der Waals surface area (Å²) in [6.07, 6.45) is 0. The van der Waals surface area contributed by atoms with Crippen LogP contribution in [0.5, 0.6) is 0 Å². The second kappa shape index (κ2) is 8.51. The van der Waals surface area contributed by atoms with Crippen LogP contribution in [0, 0.1) is 0 Å². The van der Waals surface area contributed by atoms with Crippen molar-refractivity contribution in [2.45, 2.75) is 0 Å². The van der Waals surface area contributed by atoms with E-state index < -0.39 is 30.2 Å². The minimum Gasteiger partial charge on any atom is -0.456 e. The summed E-state index contributed by atoms with van der Waals surface area (Å²) in [4.78, 5) is 14.2. The first-order chi connectivity index (χ1) is 21.3. The Balaban J connectivity index is 1.43. The van der Waals surface area contributed by atoms with Gasteiger partial charge >= 0.3 is 0 Å². The lowest BCUT2D eigenvalue weighted by molar-refractivity contribution is 0.668. The predicted octanol–water partition coefficient (Wildman–Crippen LogP) is 9.32. The van der Waals surface area contributed by atoms with Gasteiger partial charge in [0.1, 0.15) is 22.3 Å². The molecule has 0 spiro atoms. The van der Waals surface area contributed by atoms with Crippen LogP contribution in [0.1, 0.15) is 6.85 Å². The molecule has 0 aliphatic carbocycles. The lowest BCUT2D eigenvalue weighted by atomic mass is 10.1. The number of halogens is 1. The van der Waals surface area contributed by atoms with E-state index in [-0.39, 0.29) is 23.0 Å². The number of benzene rings is 5. The van der Waals surface area contributed by atoms with Gasteiger partial charge in [-0.15, -0.1) is 0 Å². The maximum absolute atomic E-state index is 8.61. The third kappa shape index (κ3) is 3.59. The molecule has 0 aliphatic rings. The molecule has 5 aromatic carbocycles. The van der Waals surface area contributed by atoms with Gasteiger partial charge in [-0.3, -0.25) is 0 Å². The van der Waals surface area contributed by atoms with Crippen molar-refractivity contribution in [2.24, 2.45) is 0 Å². The molecule has 0 amide bonds. The fourth-order valence-electron chi connectivity index (χ4n) is 4.95. The van der Waals surface area contributed by atoms with Crippen LogP contribution in [0.15, 0.2) is 118 Å². The van der Waals surface area contributed by atoms with Gasteiger partial charge in [-0.2, -0.15) is 0 Å². The Labute approximate surface area is 234 Å². The average Bonchev–Trinajstić information content (AvgIpc) is 3.60. The molecule has 0 saturated carbocycles. The molecule has 184 valence electrons. The average molecular weight is 529 g/mol. The van der Waals surface area contributed by atoms with E-state index in [1.54, 1.807) is 12.1 Å². The Morgan fingerprint density at radius 2 is 1.26 bits per heavy atom. The van der Waals surface area contributed by atoms with Crippen molar-refractivity contribution in [3.63, 3.8) is 0 Å². The molecule has 0 bridgehead atoms. The molecule has 0 radical (unpaired) electrons. The lowest BCUT2D eigenvalue weighted by Gasteiger charge is -2.09. The SMILES string of the molecule is [2H]c1c([2H])c([2H])c(-c2nc(-c3ccc4c(c3)oc3ccccc34)nc(-c3cccc4oc5cc(Cl)ccc5c34)n2)c([2H])c1[2H]. The summed E-state index contributed by atoms with van der Waals surface area (Å²) in [6, 6.07) is 22.0. The smallest absolute Gasteiger partial charge is 0.164 e. The molecule has 8 rings (SSSR count). The minimum absolute atomic E-state index is 0.0560. The molecule has 0 N–H and O–H groups in total. The number of furan rings is 2. The summed E-state index contributed by atoms with van der Waals surface area (Å²) in [7, 11) is 0. The van der Waals surface area contributed by atoms with Crippen LogP contribution in [0.25, 0.3) is 78.0 Å². The fourth-order valence-corrected chi connectivity index (χ4v) is 5.11. The minimum atomic E-state index is -0.498. The van der Waals surface area contributed by atoms with E-state index in [4.69, 9.17) is 37.3 Å². The lowest BCUT2D eigenvalue weighted by Crippen LogP contribution is -2.00. The molecule has 0 fully saturated rings. The zero-order valence-corrected chi connectivity index (χ0v) is 20.8. The van der Waals surface area contributed by atoms with E-state index in [0.717, 1.165) is 27.1 Å². The maximum atomic E-state index is 8.61. The molecule has 0 saturated heterocycles. The van der Waals surface area contributed by atoms with Crippen molar-refractivity contribution in [3.05, 3.63) is 114 Å². The first kappa shape index (κ1) is 17.5. The van der Waals surface area contributed by atoms with Gasteiger partial charge < -0.3 is 8.83 Å². The number of fused-ring (bicyclic) bond motifs is 6. The summed E-state index contributed by atoms with van der Waals surface area (Å²) < 4.78 is 54.0. The molecule has 39 heavy (non-hydrogen) atoms. The molecule has 0 aliphatic heterocycles. The number of rotatable bonds is 3. The van der Waals surface area contributed by atoms with Crippen LogP contribution < -0.4 is 0 Å². The number of para-hydroxylation sites is 1. The van der Waals surface area contributed by atoms with Crippen molar-refractivity contribution in [3.8, 4) is 34.2 Å². The van der Waals surface area contributed by atoms with Gasteiger partial charge in [0, 0.05) is 49.3 Å². The monoisotopic (exact) mass is 528 g/mol. The van der Waals surface area contributed by atoms with Gasteiger partial charge in [0.05, 0.1) is 6.85 Å². The predicted molar refractivity (Wildman–Crippen MR) is 156 cm³/mol. The highest BCUT2D eigenvalue weighted by molar-refractivity contribution is 6.31. The highest BCUT2D eigenvalue weighted by Gasteiger charge is 2.18. The van der Waals surface area contributed by atoms with Crippen LogP contribution in [0.2, 0.25) is 5.02 Å². The number of hydrogen-bond acceptors (Lipinski definition) is 5. The van der Waals surface area contributed by atoms with Crippen molar-refractivity contribution < 1.29 is 15.7 Å². The maximum Gasteiger partial charge on any atom is 0.164 e. The summed E-state index contributed by atoms with van der Waals surface area (Å²) in [5.74, 6) is 0.427. The highest BCUT2D eigenvalue weighted by Crippen LogP contribution is 2.38. The topological polar surface area (TPSA) is 65.0 Å². The highest BCUT2D eigenvalue weighted by atomic mass is 35.5. The van der Waals surface area contributed by atoms with Gasteiger partial charge in [0.2, 0.25) is 0 Å². The van der Waals surface area contributed by atoms with Gasteiger partial charge in [-0.25, -0.2) is 15.0 Å². The molecular weight excluding hydrogens is 506 g/mol. The van der Waals surface area contributed by atoms with Gasteiger partial charge in [-0.1, -0.05) is 78.2 Å². The first-order valence-corrected chi connectivity index (χ1v) is 12.5.